The third-order valence-electron chi connectivity index (χ3n) is 0.620. The minimum absolute atomic E-state index is 0.819. The molecule has 0 aliphatic rings. The highest BCUT2D eigenvalue weighted by molar-refractivity contribution is 4.54. The summed E-state index contributed by atoms with van der Waals surface area (Å²) in [5, 5.41) is 9.33. The summed E-state index contributed by atoms with van der Waals surface area (Å²) in [6.45, 7) is 2.88. The van der Waals surface area contributed by atoms with Crippen LogP contribution < -0.4 is 5.73 Å². The van der Waals surface area contributed by atoms with E-state index in [4.69, 9.17) is 5.73 Å². The number of H-pyrrole nitrogens is 1. The van der Waals surface area contributed by atoms with Gasteiger partial charge in [-0.3, -0.25) is 0 Å². The zero-order valence-corrected chi connectivity index (χ0v) is 5.54. The molecular formula is C5H12N4. The molecule has 0 unspecified atom stereocenters. The minimum Gasteiger partial charge on any atom is -0.330 e. The van der Waals surface area contributed by atoms with E-state index in [9.17, 15) is 0 Å². The number of nitrogens with zero attached hydrogens (tertiary/aromatic N) is 2. The summed E-state index contributed by atoms with van der Waals surface area (Å²) in [6, 6.07) is 0. The van der Waals surface area contributed by atoms with Crippen LogP contribution in [0.2, 0.25) is 0 Å². The molecular weight excluding hydrogens is 116 g/mol. The van der Waals surface area contributed by atoms with Crippen molar-refractivity contribution < 1.29 is 0 Å². The SMILES string of the molecule is CCCN.c1cn[nH]n1. The zero-order valence-electron chi connectivity index (χ0n) is 5.54. The van der Waals surface area contributed by atoms with Gasteiger partial charge in [0, 0.05) is 0 Å². The number of aromatic nitrogens is 3. The van der Waals surface area contributed by atoms with E-state index in [1.54, 1.807) is 12.4 Å². The number of aromatic amines is 1. The summed E-state index contributed by atoms with van der Waals surface area (Å²) < 4.78 is 0. The van der Waals surface area contributed by atoms with Crippen LogP contribution in [0.15, 0.2) is 12.4 Å². The number of hydrogen-bond acceptors (Lipinski definition) is 3. The van der Waals surface area contributed by atoms with Gasteiger partial charge in [-0.15, -0.1) is 0 Å². The van der Waals surface area contributed by atoms with Gasteiger partial charge in [0.05, 0.1) is 12.4 Å². The average molecular weight is 128 g/mol. The average Bonchev–Trinajstić information content (AvgIpc) is 2.43. The molecule has 52 valence electrons. The molecule has 0 atom stereocenters. The van der Waals surface area contributed by atoms with Crippen LogP contribution in [-0.4, -0.2) is 22.0 Å². The van der Waals surface area contributed by atoms with Crippen LogP contribution >= 0.6 is 0 Å². The monoisotopic (exact) mass is 128 g/mol. The number of nitrogens with one attached hydrogen (secondary N) is 1. The van der Waals surface area contributed by atoms with Crippen LogP contribution in [0.5, 0.6) is 0 Å². The Morgan fingerprint density at radius 1 is 1.44 bits per heavy atom. The number of hydrogen-bond donors (Lipinski definition) is 2. The Kier molecular flexibility index (Phi) is 6.39. The van der Waals surface area contributed by atoms with Crippen LogP contribution in [0.4, 0.5) is 0 Å². The van der Waals surface area contributed by atoms with Gasteiger partial charge < -0.3 is 5.73 Å². The Bertz CT molecular complexity index is 84.5. The van der Waals surface area contributed by atoms with Crippen molar-refractivity contribution in [1.82, 2.24) is 15.4 Å². The van der Waals surface area contributed by atoms with Gasteiger partial charge in [-0.05, 0) is 13.0 Å². The van der Waals surface area contributed by atoms with Crippen LogP contribution in [0.3, 0.4) is 0 Å². The highest BCUT2D eigenvalue weighted by Crippen LogP contribution is 1.57. The van der Waals surface area contributed by atoms with Crippen molar-refractivity contribution in [2.24, 2.45) is 5.73 Å². The maximum atomic E-state index is 5.03. The Morgan fingerprint density at radius 3 is 2.00 bits per heavy atom. The summed E-state index contributed by atoms with van der Waals surface area (Å²) in [6.07, 6.45) is 4.26. The van der Waals surface area contributed by atoms with E-state index >= 15 is 0 Å². The molecule has 1 heterocycles. The molecule has 0 bridgehead atoms. The van der Waals surface area contributed by atoms with Gasteiger partial charge in [0.25, 0.3) is 0 Å². The van der Waals surface area contributed by atoms with E-state index in [1.165, 1.54) is 0 Å². The van der Waals surface area contributed by atoms with E-state index in [-0.39, 0.29) is 0 Å². The Morgan fingerprint density at radius 2 is 1.89 bits per heavy atom. The van der Waals surface area contributed by atoms with Crippen molar-refractivity contribution in [3.05, 3.63) is 12.4 Å². The van der Waals surface area contributed by atoms with Crippen molar-refractivity contribution in [3.8, 4) is 0 Å². The van der Waals surface area contributed by atoms with E-state index in [0.717, 1.165) is 13.0 Å². The molecule has 0 radical (unpaired) electrons. The van der Waals surface area contributed by atoms with E-state index in [2.05, 4.69) is 22.3 Å². The van der Waals surface area contributed by atoms with Crippen molar-refractivity contribution in [1.29, 1.82) is 0 Å². The normalized spacial score (nSPS) is 7.78. The molecule has 0 saturated carbocycles. The predicted molar refractivity (Wildman–Crippen MR) is 35.7 cm³/mol. The van der Waals surface area contributed by atoms with Gasteiger partial charge in [0.15, 0.2) is 0 Å². The molecule has 1 aromatic heterocycles. The number of nitrogens with two attached hydrogens (primary N) is 1. The topological polar surface area (TPSA) is 67.6 Å². The van der Waals surface area contributed by atoms with Crippen molar-refractivity contribution >= 4 is 0 Å². The highest BCUT2D eigenvalue weighted by atomic mass is 15.3. The smallest absolute Gasteiger partial charge is 0.0690 e. The third kappa shape index (κ3) is 7.10. The number of rotatable bonds is 1. The van der Waals surface area contributed by atoms with E-state index in [0.29, 0.717) is 0 Å². The lowest BCUT2D eigenvalue weighted by Gasteiger charge is -1.70. The van der Waals surface area contributed by atoms with Crippen LogP contribution in [0, 0.1) is 0 Å². The first-order valence-corrected chi connectivity index (χ1v) is 2.91. The van der Waals surface area contributed by atoms with Crippen LogP contribution in [0.25, 0.3) is 0 Å². The van der Waals surface area contributed by atoms with Crippen LogP contribution in [0.1, 0.15) is 13.3 Å². The summed E-state index contributed by atoms with van der Waals surface area (Å²) in [5.74, 6) is 0. The lowest BCUT2D eigenvalue weighted by atomic mass is 10.5. The molecule has 0 aliphatic carbocycles. The molecule has 1 aromatic rings. The molecule has 4 heteroatoms. The van der Waals surface area contributed by atoms with E-state index < -0.39 is 0 Å². The van der Waals surface area contributed by atoms with E-state index in [1.807, 2.05) is 0 Å². The minimum atomic E-state index is 0.819. The first kappa shape index (κ1) is 8.10. The second-order valence-electron chi connectivity index (χ2n) is 1.45. The van der Waals surface area contributed by atoms with Gasteiger partial charge in [0.2, 0.25) is 0 Å². The molecule has 0 aliphatic heterocycles. The quantitative estimate of drug-likeness (QED) is 0.566. The zero-order chi connectivity index (χ0) is 6.95. The summed E-state index contributed by atoms with van der Waals surface area (Å²) in [7, 11) is 0. The maximum absolute atomic E-state index is 5.03. The van der Waals surface area contributed by atoms with Gasteiger partial charge in [-0.1, -0.05) is 6.92 Å². The predicted octanol–water partition coefficient (Wildman–Crippen LogP) is 0.160. The Labute approximate surface area is 54.5 Å². The molecule has 3 N–H and O–H groups in total. The molecule has 0 aromatic carbocycles. The van der Waals surface area contributed by atoms with Gasteiger partial charge in [0.1, 0.15) is 0 Å². The second kappa shape index (κ2) is 7.10. The largest absolute Gasteiger partial charge is 0.330 e. The summed E-state index contributed by atoms with van der Waals surface area (Å²) in [5.41, 5.74) is 5.03. The van der Waals surface area contributed by atoms with Crippen molar-refractivity contribution in [2.45, 2.75) is 13.3 Å². The molecule has 0 amide bonds. The Balaban J connectivity index is 0.000000148. The van der Waals surface area contributed by atoms with Gasteiger partial charge >= 0.3 is 0 Å². The van der Waals surface area contributed by atoms with Gasteiger partial charge in [-0.2, -0.15) is 15.4 Å². The van der Waals surface area contributed by atoms with Crippen molar-refractivity contribution in [2.75, 3.05) is 6.54 Å². The molecule has 9 heavy (non-hydrogen) atoms. The highest BCUT2D eigenvalue weighted by Gasteiger charge is 1.57. The standard InChI is InChI=1S/C3H9N.C2H3N3/c1-2-3-4;1-2-4-5-3-1/h2-4H2,1H3;1-2H,(H,3,4,5). The fourth-order valence-electron chi connectivity index (χ4n) is 0.167. The molecule has 0 saturated heterocycles. The second-order valence-corrected chi connectivity index (χ2v) is 1.45. The first-order chi connectivity index (χ1) is 4.41. The lowest BCUT2D eigenvalue weighted by molar-refractivity contribution is 0.932. The van der Waals surface area contributed by atoms with Crippen molar-refractivity contribution in [3.63, 3.8) is 0 Å². The fourth-order valence-corrected chi connectivity index (χ4v) is 0.167. The molecule has 0 spiro atoms. The first-order valence-electron chi connectivity index (χ1n) is 2.91. The van der Waals surface area contributed by atoms with Gasteiger partial charge in [-0.25, -0.2) is 0 Å². The fraction of sp³-hybridized carbons (Fsp3) is 0.600. The third-order valence-corrected chi connectivity index (χ3v) is 0.620. The molecule has 0 fully saturated rings. The Hall–Kier alpha value is -0.900. The summed E-state index contributed by atoms with van der Waals surface area (Å²) >= 11 is 0. The summed E-state index contributed by atoms with van der Waals surface area (Å²) in [4.78, 5) is 0. The lowest BCUT2D eigenvalue weighted by Crippen LogP contribution is -1.93. The molecule has 1 rings (SSSR count). The maximum Gasteiger partial charge on any atom is 0.0690 e. The van der Waals surface area contributed by atoms with Crippen LogP contribution in [-0.2, 0) is 0 Å². The molecule has 4 nitrogen and oxygen atoms in total.